The van der Waals surface area contributed by atoms with E-state index in [1.54, 1.807) is 11.8 Å². The minimum absolute atomic E-state index is 0.110. The Bertz CT molecular complexity index is 1070. The molecule has 0 aliphatic carbocycles. The minimum Gasteiger partial charge on any atom is -0.497 e. The van der Waals surface area contributed by atoms with Gasteiger partial charge in [0.25, 0.3) is 5.91 Å². The third kappa shape index (κ3) is 4.80. The first-order valence-corrected chi connectivity index (χ1v) is 10.9. The van der Waals surface area contributed by atoms with Crippen LogP contribution in [0.1, 0.15) is 34.5 Å². The van der Waals surface area contributed by atoms with Crippen molar-refractivity contribution < 1.29 is 9.53 Å². The minimum atomic E-state index is -0.110. The van der Waals surface area contributed by atoms with E-state index in [0.29, 0.717) is 12.2 Å². The van der Waals surface area contributed by atoms with Crippen molar-refractivity contribution >= 4 is 5.91 Å². The number of likely N-dealkylation sites (tertiary alicyclic amines) is 1. The van der Waals surface area contributed by atoms with E-state index < -0.39 is 0 Å². The number of hydrogen-bond acceptors (Lipinski definition) is 4. The van der Waals surface area contributed by atoms with Gasteiger partial charge in [0.05, 0.1) is 18.5 Å². The molecule has 0 radical (unpaired) electrons. The maximum Gasteiger partial charge on any atom is 0.270 e. The average molecular weight is 419 g/mol. The van der Waals surface area contributed by atoms with E-state index in [1.165, 1.54) is 18.4 Å². The summed E-state index contributed by atoms with van der Waals surface area (Å²) in [6.07, 6.45) is 2.49. The molecule has 0 unspecified atom stereocenters. The molecule has 0 spiro atoms. The van der Waals surface area contributed by atoms with Gasteiger partial charge < -0.3 is 15.0 Å². The highest BCUT2D eigenvalue weighted by Crippen LogP contribution is 2.26. The van der Waals surface area contributed by atoms with E-state index in [0.717, 1.165) is 47.9 Å². The van der Waals surface area contributed by atoms with Gasteiger partial charge >= 0.3 is 0 Å². The summed E-state index contributed by atoms with van der Waals surface area (Å²) in [5.41, 5.74) is 5.35. The second-order valence-corrected chi connectivity index (χ2v) is 8.15. The Balaban J connectivity index is 1.65. The van der Waals surface area contributed by atoms with Crippen LogP contribution in [0.25, 0.3) is 16.9 Å². The normalized spacial score (nSPS) is 14.0. The lowest BCUT2D eigenvalue weighted by atomic mass is 10.1. The maximum atomic E-state index is 13.1. The van der Waals surface area contributed by atoms with Crippen molar-refractivity contribution in [2.45, 2.75) is 26.7 Å². The van der Waals surface area contributed by atoms with Crippen LogP contribution in [0.5, 0.6) is 5.75 Å². The highest BCUT2D eigenvalue weighted by molar-refractivity contribution is 5.94. The second kappa shape index (κ2) is 9.35. The van der Waals surface area contributed by atoms with Crippen LogP contribution in [0.4, 0.5) is 0 Å². The molecule has 1 aliphatic rings. The molecule has 1 fully saturated rings. The molecule has 162 valence electrons. The fraction of sp³-hybridized carbons (Fsp3) is 0.360. The van der Waals surface area contributed by atoms with Gasteiger partial charge in [0.2, 0.25) is 0 Å². The molecule has 0 bridgehead atoms. The number of nitrogens with one attached hydrogen (secondary N) is 1. The van der Waals surface area contributed by atoms with Crippen LogP contribution in [0.3, 0.4) is 0 Å². The van der Waals surface area contributed by atoms with Crippen molar-refractivity contribution in [3.63, 3.8) is 0 Å². The summed E-state index contributed by atoms with van der Waals surface area (Å²) in [5.74, 6) is 0.649. The molecule has 0 atom stereocenters. The van der Waals surface area contributed by atoms with Gasteiger partial charge in [-0.3, -0.25) is 4.79 Å². The van der Waals surface area contributed by atoms with E-state index in [2.05, 4.69) is 23.2 Å². The first-order chi connectivity index (χ1) is 15.0. The van der Waals surface area contributed by atoms with E-state index in [9.17, 15) is 4.79 Å². The number of carbonyl (C=O) groups is 1. The largest absolute Gasteiger partial charge is 0.497 e. The third-order valence-corrected chi connectivity index (χ3v) is 5.80. The average Bonchev–Trinajstić information content (AvgIpc) is 3.44. The lowest BCUT2D eigenvalue weighted by Crippen LogP contribution is -2.34. The molecule has 2 heterocycles. The number of rotatable bonds is 7. The number of aromatic nitrogens is 2. The lowest BCUT2D eigenvalue weighted by Gasteiger charge is -2.15. The summed E-state index contributed by atoms with van der Waals surface area (Å²) in [5, 5.41) is 7.90. The van der Waals surface area contributed by atoms with Crippen molar-refractivity contribution in [1.29, 1.82) is 0 Å². The molecule has 1 N–H and O–H groups in total. The zero-order chi connectivity index (χ0) is 21.8. The van der Waals surface area contributed by atoms with Crippen molar-refractivity contribution in [2.75, 3.05) is 33.3 Å². The molecule has 1 aliphatic heterocycles. The predicted octanol–water partition coefficient (Wildman–Crippen LogP) is 3.99. The Hall–Kier alpha value is -3.12. The Morgan fingerprint density at radius 2 is 1.90 bits per heavy atom. The molecule has 2 aromatic carbocycles. The van der Waals surface area contributed by atoms with Gasteiger partial charge in [-0.15, -0.1) is 0 Å². The number of hydrogen-bond donors (Lipinski definition) is 1. The number of amides is 1. The second-order valence-electron chi connectivity index (χ2n) is 8.15. The Kier molecular flexibility index (Phi) is 6.37. The topological polar surface area (TPSA) is 59.4 Å². The van der Waals surface area contributed by atoms with Crippen LogP contribution in [-0.4, -0.2) is 53.9 Å². The zero-order valence-corrected chi connectivity index (χ0v) is 18.5. The summed E-state index contributed by atoms with van der Waals surface area (Å²) in [4.78, 5) is 15.5. The van der Waals surface area contributed by atoms with E-state index >= 15 is 0 Å². The van der Waals surface area contributed by atoms with Gasteiger partial charge in [-0.25, -0.2) is 4.68 Å². The highest BCUT2D eigenvalue weighted by Gasteiger charge is 2.19. The molecule has 1 aromatic heterocycles. The van der Waals surface area contributed by atoms with Crippen LogP contribution < -0.4 is 10.1 Å². The Labute approximate surface area is 183 Å². The van der Waals surface area contributed by atoms with E-state index in [4.69, 9.17) is 9.84 Å². The molecule has 6 nitrogen and oxygen atoms in total. The van der Waals surface area contributed by atoms with Gasteiger partial charge in [-0.1, -0.05) is 29.8 Å². The van der Waals surface area contributed by atoms with Crippen LogP contribution in [-0.2, 0) is 0 Å². The molecule has 1 saturated heterocycles. The van der Waals surface area contributed by atoms with Crippen molar-refractivity contribution in [3.05, 3.63) is 65.4 Å². The van der Waals surface area contributed by atoms with Crippen LogP contribution in [0.2, 0.25) is 0 Å². The van der Waals surface area contributed by atoms with Crippen molar-refractivity contribution in [1.82, 2.24) is 20.0 Å². The number of carbonyl (C=O) groups excluding carboxylic acids is 1. The smallest absolute Gasteiger partial charge is 0.270 e. The number of aryl methyl sites for hydroxylation is 2. The molecule has 1 amide bonds. The molecule has 4 rings (SSSR count). The first-order valence-electron chi connectivity index (χ1n) is 10.9. The molecule has 6 heteroatoms. The first kappa shape index (κ1) is 21.1. The van der Waals surface area contributed by atoms with E-state index in [-0.39, 0.29) is 5.91 Å². The monoisotopic (exact) mass is 418 g/mol. The van der Waals surface area contributed by atoms with Gasteiger partial charge in [0, 0.05) is 18.7 Å². The number of methoxy groups -OCH3 is 1. The van der Waals surface area contributed by atoms with Gasteiger partial charge in [0.15, 0.2) is 0 Å². The Morgan fingerprint density at radius 3 is 2.65 bits per heavy atom. The molecule has 31 heavy (non-hydrogen) atoms. The summed E-state index contributed by atoms with van der Waals surface area (Å²) in [7, 11) is 1.65. The standard InChI is InChI=1S/C25H30N4O2/c1-18-9-10-23(19(2)15-18)29-24(25(30)26-11-14-28-12-4-5-13-28)17-22(27-29)20-7-6-8-21(16-20)31-3/h6-10,15-17H,4-5,11-14H2,1-3H3,(H,26,30). The number of ether oxygens (including phenoxy) is 1. The molecule has 3 aromatic rings. The zero-order valence-electron chi connectivity index (χ0n) is 18.5. The highest BCUT2D eigenvalue weighted by atomic mass is 16.5. The molecular weight excluding hydrogens is 388 g/mol. The Morgan fingerprint density at radius 1 is 1.10 bits per heavy atom. The van der Waals surface area contributed by atoms with Crippen LogP contribution in [0, 0.1) is 13.8 Å². The molecule has 0 saturated carbocycles. The number of benzene rings is 2. The lowest BCUT2D eigenvalue weighted by molar-refractivity contribution is 0.0942. The van der Waals surface area contributed by atoms with Gasteiger partial charge in [-0.05, 0) is 69.6 Å². The quantitative estimate of drug-likeness (QED) is 0.630. The van der Waals surface area contributed by atoms with E-state index in [1.807, 2.05) is 49.4 Å². The van der Waals surface area contributed by atoms with Gasteiger partial charge in [0.1, 0.15) is 11.4 Å². The van der Waals surface area contributed by atoms with Crippen molar-refractivity contribution in [2.24, 2.45) is 0 Å². The third-order valence-electron chi connectivity index (χ3n) is 5.80. The van der Waals surface area contributed by atoms with Crippen LogP contribution >= 0.6 is 0 Å². The summed E-state index contributed by atoms with van der Waals surface area (Å²) < 4.78 is 7.12. The maximum absolute atomic E-state index is 13.1. The van der Waals surface area contributed by atoms with Crippen molar-refractivity contribution in [3.8, 4) is 22.7 Å². The fourth-order valence-electron chi connectivity index (χ4n) is 4.12. The summed E-state index contributed by atoms with van der Waals surface area (Å²) in [6, 6.07) is 15.8. The summed E-state index contributed by atoms with van der Waals surface area (Å²) >= 11 is 0. The summed E-state index contributed by atoms with van der Waals surface area (Å²) in [6.45, 7) is 7.86. The fourth-order valence-corrected chi connectivity index (χ4v) is 4.12. The van der Waals surface area contributed by atoms with Gasteiger partial charge in [-0.2, -0.15) is 5.10 Å². The molecular formula is C25H30N4O2. The van der Waals surface area contributed by atoms with Crippen LogP contribution in [0.15, 0.2) is 48.5 Å². The predicted molar refractivity (Wildman–Crippen MR) is 123 cm³/mol. The number of nitrogens with zero attached hydrogens (tertiary/aromatic N) is 3. The SMILES string of the molecule is COc1cccc(-c2cc(C(=O)NCCN3CCCC3)n(-c3ccc(C)cc3C)n2)c1.